The molecule has 1 aromatic rings. The van der Waals surface area contributed by atoms with Crippen LogP contribution in [0.4, 0.5) is 5.69 Å². The molecular weight excluding hydrogens is 348 g/mol. The smallest absolute Gasteiger partial charge is 0.241 e. The van der Waals surface area contributed by atoms with Crippen molar-refractivity contribution in [2.75, 3.05) is 32.6 Å². The number of nitrogens with one attached hydrogen (secondary N) is 1. The standard InChI is InChI=1S/C12H17BrN2O4S/c1-18-12(4-5-19-8-12)7-15-20(16,17)11-3-2-9(14)6-10(11)13/h2-3,6,15H,4-5,7-8,14H2,1H3. The lowest BCUT2D eigenvalue weighted by Crippen LogP contribution is -2.45. The Labute approximate surface area is 126 Å². The molecule has 1 fully saturated rings. The summed E-state index contributed by atoms with van der Waals surface area (Å²) in [4.78, 5) is 0.150. The zero-order valence-corrected chi connectivity index (χ0v) is 13.5. The third-order valence-electron chi connectivity index (χ3n) is 3.33. The van der Waals surface area contributed by atoms with Gasteiger partial charge in [0.25, 0.3) is 0 Å². The molecule has 0 radical (unpaired) electrons. The first-order chi connectivity index (χ1) is 9.38. The number of benzene rings is 1. The van der Waals surface area contributed by atoms with Gasteiger partial charge in [0.1, 0.15) is 5.60 Å². The number of nitrogens with two attached hydrogens (primary N) is 1. The van der Waals surface area contributed by atoms with Gasteiger partial charge < -0.3 is 15.2 Å². The molecule has 1 unspecified atom stereocenters. The minimum Gasteiger partial charge on any atom is -0.399 e. The van der Waals surface area contributed by atoms with E-state index in [1.807, 2.05) is 0 Å². The minimum atomic E-state index is -3.63. The highest BCUT2D eigenvalue weighted by Crippen LogP contribution is 2.26. The summed E-state index contributed by atoms with van der Waals surface area (Å²) >= 11 is 3.21. The van der Waals surface area contributed by atoms with E-state index in [2.05, 4.69) is 20.7 Å². The predicted octanol–water partition coefficient (Wildman–Crippen LogP) is 1.12. The van der Waals surface area contributed by atoms with Gasteiger partial charge in [0, 0.05) is 36.8 Å². The molecule has 3 N–H and O–H groups in total. The summed E-state index contributed by atoms with van der Waals surface area (Å²) in [5.74, 6) is 0. The molecule has 0 aliphatic carbocycles. The van der Waals surface area contributed by atoms with Crippen LogP contribution in [0.1, 0.15) is 6.42 Å². The van der Waals surface area contributed by atoms with Gasteiger partial charge in [-0.05, 0) is 34.1 Å². The van der Waals surface area contributed by atoms with E-state index >= 15 is 0 Å². The molecule has 20 heavy (non-hydrogen) atoms. The molecule has 1 aliphatic heterocycles. The van der Waals surface area contributed by atoms with Gasteiger partial charge in [0.05, 0.1) is 11.5 Å². The van der Waals surface area contributed by atoms with Crippen molar-refractivity contribution in [3.63, 3.8) is 0 Å². The van der Waals surface area contributed by atoms with Crippen molar-refractivity contribution in [2.24, 2.45) is 0 Å². The molecule has 0 amide bonds. The molecule has 0 spiro atoms. The summed E-state index contributed by atoms with van der Waals surface area (Å²) in [5, 5.41) is 0. The van der Waals surface area contributed by atoms with Crippen LogP contribution >= 0.6 is 15.9 Å². The molecule has 1 atom stereocenters. The van der Waals surface area contributed by atoms with Gasteiger partial charge in [-0.25, -0.2) is 13.1 Å². The van der Waals surface area contributed by atoms with Crippen LogP contribution in [0.15, 0.2) is 27.6 Å². The van der Waals surface area contributed by atoms with Crippen molar-refractivity contribution in [3.05, 3.63) is 22.7 Å². The molecule has 0 bridgehead atoms. The van der Waals surface area contributed by atoms with Crippen LogP contribution in [0.3, 0.4) is 0 Å². The first-order valence-corrected chi connectivity index (χ1v) is 8.34. The Balaban J connectivity index is 2.15. The number of ether oxygens (including phenoxy) is 2. The Morgan fingerprint density at radius 1 is 1.55 bits per heavy atom. The zero-order valence-electron chi connectivity index (χ0n) is 11.1. The third kappa shape index (κ3) is 3.32. The van der Waals surface area contributed by atoms with Crippen LogP contribution in [0.25, 0.3) is 0 Å². The van der Waals surface area contributed by atoms with Gasteiger partial charge in [-0.1, -0.05) is 0 Å². The number of sulfonamides is 1. The molecular formula is C12H17BrN2O4S. The normalized spacial score (nSPS) is 23.1. The SMILES string of the molecule is COC1(CNS(=O)(=O)c2ccc(N)cc2Br)CCOC1. The topological polar surface area (TPSA) is 90.7 Å². The molecule has 1 saturated heterocycles. The van der Waals surface area contributed by atoms with E-state index in [0.717, 1.165) is 0 Å². The second-order valence-electron chi connectivity index (χ2n) is 4.70. The van der Waals surface area contributed by atoms with E-state index < -0.39 is 15.6 Å². The number of hydrogen-bond acceptors (Lipinski definition) is 5. The van der Waals surface area contributed by atoms with Crippen LogP contribution < -0.4 is 10.5 Å². The molecule has 2 rings (SSSR count). The average molecular weight is 365 g/mol. The summed E-state index contributed by atoms with van der Waals surface area (Å²) in [6.45, 7) is 1.12. The van der Waals surface area contributed by atoms with E-state index in [-0.39, 0.29) is 11.4 Å². The first-order valence-electron chi connectivity index (χ1n) is 6.06. The van der Waals surface area contributed by atoms with Crippen molar-refractivity contribution in [1.82, 2.24) is 4.72 Å². The van der Waals surface area contributed by atoms with E-state index in [1.165, 1.54) is 6.07 Å². The van der Waals surface area contributed by atoms with Gasteiger partial charge in [-0.15, -0.1) is 0 Å². The maximum atomic E-state index is 12.3. The fraction of sp³-hybridized carbons (Fsp3) is 0.500. The van der Waals surface area contributed by atoms with E-state index in [9.17, 15) is 8.42 Å². The first kappa shape index (κ1) is 15.7. The number of nitrogen functional groups attached to an aromatic ring is 1. The molecule has 0 aromatic heterocycles. The molecule has 0 saturated carbocycles. The summed E-state index contributed by atoms with van der Waals surface area (Å²) in [6.07, 6.45) is 0.662. The van der Waals surface area contributed by atoms with Crippen LogP contribution in [0.5, 0.6) is 0 Å². The van der Waals surface area contributed by atoms with Crippen molar-refractivity contribution >= 4 is 31.6 Å². The lowest BCUT2D eigenvalue weighted by atomic mass is 10.0. The minimum absolute atomic E-state index is 0.150. The number of hydrogen-bond donors (Lipinski definition) is 2. The van der Waals surface area contributed by atoms with Crippen molar-refractivity contribution in [3.8, 4) is 0 Å². The average Bonchev–Trinajstić information content (AvgIpc) is 2.85. The van der Waals surface area contributed by atoms with E-state index in [4.69, 9.17) is 15.2 Å². The van der Waals surface area contributed by atoms with Gasteiger partial charge in [-0.3, -0.25) is 0 Å². The zero-order chi connectivity index (χ0) is 14.8. The van der Waals surface area contributed by atoms with Gasteiger partial charge in [-0.2, -0.15) is 0 Å². The van der Waals surface area contributed by atoms with E-state index in [1.54, 1.807) is 19.2 Å². The summed E-state index contributed by atoms with van der Waals surface area (Å²) in [7, 11) is -2.07. The Hall–Kier alpha value is -0.670. The van der Waals surface area contributed by atoms with Crippen molar-refractivity contribution in [1.29, 1.82) is 0 Å². The summed E-state index contributed by atoms with van der Waals surface area (Å²) < 4.78 is 38.3. The maximum Gasteiger partial charge on any atom is 0.241 e. The number of anilines is 1. The lowest BCUT2D eigenvalue weighted by molar-refractivity contribution is -0.0120. The lowest BCUT2D eigenvalue weighted by Gasteiger charge is -2.25. The third-order valence-corrected chi connectivity index (χ3v) is 5.71. The molecule has 112 valence electrons. The van der Waals surface area contributed by atoms with Crippen LogP contribution in [-0.2, 0) is 19.5 Å². The molecule has 1 aliphatic rings. The molecule has 1 heterocycles. The predicted molar refractivity (Wildman–Crippen MR) is 78.9 cm³/mol. The summed E-state index contributed by atoms with van der Waals surface area (Å²) in [6, 6.07) is 4.57. The van der Waals surface area contributed by atoms with Crippen LogP contribution in [-0.4, -0.2) is 40.9 Å². The van der Waals surface area contributed by atoms with Gasteiger partial charge in [0.15, 0.2) is 0 Å². The second-order valence-corrected chi connectivity index (χ2v) is 7.29. The highest BCUT2D eigenvalue weighted by molar-refractivity contribution is 9.10. The Morgan fingerprint density at radius 2 is 2.30 bits per heavy atom. The Kier molecular flexibility index (Phi) is 4.70. The van der Waals surface area contributed by atoms with Crippen molar-refractivity contribution < 1.29 is 17.9 Å². The summed E-state index contributed by atoms with van der Waals surface area (Å²) in [5.41, 5.74) is 5.51. The second kappa shape index (κ2) is 5.98. The van der Waals surface area contributed by atoms with Gasteiger partial charge >= 0.3 is 0 Å². The van der Waals surface area contributed by atoms with E-state index in [0.29, 0.717) is 29.8 Å². The number of rotatable bonds is 5. The highest BCUT2D eigenvalue weighted by Gasteiger charge is 2.36. The molecule has 8 heteroatoms. The largest absolute Gasteiger partial charge is 0.399 e. The van der Waals surface area contributed by atoms with Crippen molar-refractivity contribution in [2.45, 2.75) is 16.9 Å². The van der Waals surface area contributed by atoms with Gasteiger partial charge in [0.2, 0.25) is 10.0 Å². The number of halogens is 1. The Morgan fingerprint density at radius 3 is 2.85 bits per heavy atom. The maximum absolute atomic E-state index is 12.3. The highest BCUT2D eigenvalue weighted by atomic mass is 79.9. The Bertz CT molecular complexity index is 585. The number of methoxy groups -OCH3 is 1. The monoisotopic (exact) mass is 364 g/mol. The fourth-order valence-corrected chi connectivity index (χ4v) is 4.21. The van der Waals surface area contributed by atoms with Crippen LogP contribution in [0.2, 0.25) is 0 Å². The quantitative estimate of drug-likeness (QED) is 0.763. The molecule has 1 aromatic carbocycles. The van der Waals surface area contributed by atoms with Crippen LogP contribution in [0, 0.1) is 0 Å². The molecule has 6 nitrogen and oxygen atoms in total. The fourth-order valence-electron chi connectivity index (χ4n) is 2.00.